The molecule has 0 aromatic rings. The summed E-state index contributed by atoms with van der Waals surface area (Å²) in [6.07, 6.45) is 7.56. The summed E-state index contributed by atoms with van der Waals surface area (Å²) in [5.74, 6) is -4.91. The predicted molar refractivity (Wildman–Crippen MR) is 275 cm³/mol. The van der Waals surface area contributed by atoms with Crippen molar-refractivity contribution in [1.29, 1.82) is 0 Å². The largest absolute Gasteiger partial charge is 0.462 e. The van der Waals surface area contributed by atoms with Crippen molar-refractivity contribution in [2.24, 2.45) is 29.2 Å². The van der Waals surface area contributed by atoms with Crippen molar-refractivity contribution in [2.45, 2.75) is 189 Å². The molecule has 2 saturated heterocycles. The van der Waals surface area contributed by atoms with Crippen LogP contribution in [0.2, 0.25) is 0 Å². The van der Waals surface area contributed by atoms with E-state index in [0.717, 1.165) is 0 Å². The first kappa shape index (κ1) is 64.8. The van der Waals surface area contributed by atoms with Crippen LogP contribution in [0.25, 0.3) is 0 Å². The van der Waals surface area contributed by atoms with E-state index in [-0.39, 0.29) is 44.6 Å². The second-order valence-electron chi connectivity index (χ2n) is 19.7. The van der Waals surface area contributed by atoms with E-state index in [1.165, 1.54) is 13.0 Å². The molecule has 0 aromatic carbocycles. The molecule has 75 heavy (non-hydrogen) atoms. The Morgan fingerprint density at radius 2 is 1.36 bits per heavy atom. The number of nitrogens with one attached hydrogen (secondary N) is 1. The average molecular weight is 1060 g/mol. The molecule has 1 amide bonds. The van der Waals surface area contributed by atoms with Gasteiger partial charge in [-0.15, -0.1) is 6.42 Å². The summed E-state index contributed by atoms with van der Waals surface area (Å²) >= 11 is 0. The number of hydrogen-bond donors (Lipinski definition) is 13. The van der Waals surface area contributed by atoms with E-state index in [4.69, 9.17) is 41.6 Å². The second-order valence-corrected chi connectivity index (χ2v) is 19.7. The van der Waals surface area contributed by atoms with Crippen molar-refractivity contribution in [3.8, 4) is 12.3 Å². The summed E-state index contributed by atoms with van der Waals surface area (Å²) in [6, 6.07) is -2.39. The van der Waals surface area contributed by atoms with Crippen LogP contribution >= 0.6 is 0 Å². The van der Waals surface area contributed by atoms with Gasteiger partial charge in [0.1, 0.15) is 24.2 Å². The van der Waals surface area contributed by atoms with E-state index in [0.29, 0.717) is 0 Å². The number of aliphatic hydroxyl groups excluding tert-OH is 9. The van der Waals surface area contributed by atoms with Crippen LogP contribution in [-0.4, -0.2) is 186 Å². The highest BCUT2D eigenvalue weighted by molar-refractivity contribution is 5.82. The summed E-state index contributed by atoms with van der Waals surface area (Å²) in [6.45, 7) is 6.30. The smallest absolute Gasteiger partial charge is 0.315 e. The number of rotatable bonds is 8. The van der Waals surface area contributed by atoms with Gasteiger partial charge in [-0.1, -0.05) is 105 Å². The van der Waals surface area contributed by atoms with Crippen LogP contribution in [0.4, 0.5) is 0 Å². The molecule has 3 heterocycles. The third kappa shape index (κ3) is 22.2. The number of esters is 2. The number of carbonyl (C=O) groups is 3. The minimum Gasteiger partial charge on any atom is -0.462 e. The molecule has 2 bridgehead atoms. The van der Waals surface area contributed by atoms with Crippen LogP contribution in [0.15, 0.2) is 85.1 Å². The van der Waals surface area contributed by atoms with Gasteiger partial charge in [-0.2, -0.15) is 0 Å². The van der Waals surface area contributed by atoms with Gasteiger partial charge in [-0.05, 0) is 46.1 Å². The predicted octanol–water partition coefficient (Wildman–Crippen LogP) is -0.363. The van der Waals surface area contributed by atoms with E-state index >= 15 is 0 Å². The third-order valence-electron chi connectivity index (χ3n) is 13.4. The van der Waals surface area contributed by atoms with Gasteiger partial charge in [0.05, 0.1) is 79.5 Å². The first-order valence-electron chi connectivity index (χ1n) is 25.6. The van der Waals surface area contributed by atoms with E-state index in [1.807, 2.05) is 13.0 Å². The molecule has 0 aromatic heterocycles. The maximum atomic E-state index is 13.5. The molecule has 3 aliphatic rings. The summed E-state index contributed by atoms with van der Waals surface area (Å²) in [5.41, 5.74) is 11.5. The lowest BCUT2D eigenvalue weighted by molar-refractivity contribution is -0.309. The number of amides is 1. The summed E-state index contributed by atoms with van der Waals surface area (Å²) < 4.78 is 29.0. The number of carbonyl (C=O) groups excluding carboxylic acids is 3. The van der Waals surface area contributed by atoms with Crippen LogP contribution < -0.4 is 16.8 Å². The number of cyclic esters (lactones) is 1. The van der Waals surface area contributed by atoms with Crippen molar-refractivity contribution in [3.05, 3.63) is 85.1 Å². The van der Waals surface area contributed by atoms with Crippen molar-refractivity contribution >= 4 is 17.8 Å². The molecule has 0 saturated carbocycles. The summed E-state index contributed by atoms with van der Waals surface area (Å²) in [7, 11) is 0. The molecule has 15 N–H and O–H groups in total. The van der Waals surface area contributed by atoms with Crippen molar-refractivity contribution in [3.63, 3.8) is 0 Å². The second kappa shape index (κ2) is 33.0. The van der Waals surface area contributed by atoms with Crippen LogP contribution in [-0.2, 0) is 38.1 Å². The molecule has 21 nitrogen and oxygen atoms in total. The Morgan fingerprint density at radius 3 is 1.96 bits per heavy atom. The van der Waals surface area contributed by atoms with E-state index in [9.17, 15) is 65.4 Å². The number of nitrogens with two attached hydrogens (primary N) is 2. The molecule has 2 fully saturated rings. The maximum absolute atomic E-state index is 13.5. The van der Waals surface area contributed by atoms with E-state index in [1.54, 1.807) is 86.8 Å². The summed E-state index contributed by atoms with van der Waals surface area (Å²) in [4.78, 5) is 39.1. The molecule has 0 unspecified atom stereocenters. The Hall–Kier alpha value is -4.45. The fraction of sp³-hybridized carbons (Fsp3) is 0.648. The lowest BCUT2D eigenvalue weighted by Crippen LogP contribution is -2.65. The molecule has 0 spiro atoms. The third-order valence-corrected chi connectivity index (χ3v) is 13.4. The highest BCUT2D eigenvalue weighted by Gasteiger charge is 2.52. The Morgan fingerprint density at radius 1 is 0.760 bits per heavy atom. The van der Waals surface area contributed by atoms with Crippen LogP contribution in [0.3, 0.4) is 0 Å². The van der Waals surface area contributed by atoms with Crippen LogP contribution in [0.5, 0.6) is 0 Å². The molecular weight excluding hydrogens is 979 g/mol. The molecule has 0 radical (unpaired) electrons. The van der Waals surface area contributed by atoms with Crippen molar-refractivity contribution in [2.75, 3.05) is 13.2 Å². The Kier molecular flexibility index (Phi) is 28.5. The topological polar surface area (TPSA) is 364 Å². The van der Waals surface area contributed by atoms with Gasteiger partial charge in [0.25, 0.3) is 0 Å². The van der Waals surface area contributed by atoms with Crippen LogP contribution in [0.1, 0.15) is 85.5 Å². The van der Waals surface area contributed by atoms with Crippen LogP contribution in [0, 0.1) is 30.1 Å². The Labute approximate surface area is 439 Å². The van der Waals surface area contributed by atoms with Gasteiger partial charge >= 0.3 is 11.9 Å². The molecule has 0 aliphatic carbocycles. The fourth-order valence-electron chi connectivity index (χ4n) is 8.88. The SMILES string of the molecule is C#CCOC(=O)[C@H]1[C@@H]2C[C@@H](O[C@@H]3O[C@H](C)[C@@H](O)[C@H](NC(=O)[C@H](N)CCN)[C@@H]3O)/C=C/C=C/C=C/C=C/C=C/C=C/C=C/[C@H](C)[C@@H](O)[C@@H](C)[C@H](C)OC(=O)C[C@H](O)C[C@H](O)CC[C@@H](O)[C@H](O)C[C@H](O)C[C@](O)(C[C@@H]1O)O2. The van der Waals surface area contributed by atoms with Gasteiger partial charge in [0.2, 0.25) is 5.91 Å². The van der Waals surface area contributed by atoms with Gasteiger partial charge in [0.15, 0.2) is 18.7 Å². The minimum absolute atomic E-state index is 0.0984. The van der Waals surface area contributed by atoms with Crippen molar-refractivity contribution < 1.29 is 89.1 Å². The first-order valence-corrected chi connectivity index (χ1v) is 25.6. The lowest BCUT2D eigenvalue weighted by Gasteiger charge is -2.46. The molecule has 20 atom stereocenters. The highest BCUT2D eigenvalue weighted by Crippen LogP contribution is 2.39. The van der Waals surface area contributed by atoms with Gasteiger partial charge in [-0.3, -0.25) is 14.4 Å². The molecule has 3 rings (SSSR count). The quantitative estimate of drug-likeness (QED) is 0.109. The molecule has 422 valence electrons. The van der Waals surface area contributed by atoms with Crippen molar-refractivity contribution in [1.82, 2.24) is 5.32 Å². The van der Waals surface area contributed by atoms with Gasteiger partial charge < -0.3 is 91.5 Å². The standard InChI is InChI=1S/C54H83N3O18/c1-6-25-71-52(69)46-43(63)31-54(70)30-38(60)27-42(62)41(61)22-21-36(58)26-37(59)28-45(64)72-34(4)33(3)48(65)32(2)19-17-15-13-11-9-7-8-10-12-14-16-18-20-39(29-44(46)75-54)74-53-50(67)47(49(66)35(5)73-53)57-51(68)40(56)23-24-55/h1,7-20,32-44,46-50,53,58-63,65-67,70H,21-31,55-56H2,2-5H3,(H,57,68)/b8-7+,11-9+,12-10+,15-13+,16-14+,19-17+,20-18+/t32-,33-,34-,35+,36+,37+,38-,39-,40+,41+,42+,43-,44-,46+,47-,48+,49+,50-,53-,54+/m0/s1. The Bertz CT molecular complexity index is 2010. The lowest BCUT2D eigenvalue weighted by atomic mass is 9.82. The number of ether oxygens (including phenoxy) is 5. The van der Waals surface area contributed by atoms with E-state index in [2.05, 4.69) is 11.2 Å². The zero-order valence-corrected chi connectivity index (χ0v) is 43.3. The normalized spacial score (nSPS) is 41.2. The van der Waals surface area contributed by atoms with Gasteiger partial charge in [0, 0.05) is 37.5 Å². The number of aliphatic hydroxyl groups is 10. The minimum atomic E-state index is -2.37. The highest BCUT2D eigenvalue weighted by atomic mass is 16.7. The molecule has 21 heteroatoms. The van der Waals surface area contributed by atoms with Gasteiger partial charge in [-0.25, -0.2) is 0 Å². The number of fused-ring (bicyclic) bond motifs is 2. The van der Waals surface area contributed by atoms with E-state index < -0.39 is 165 Å². The zero-order valence-electron chi connectivity index (χ0n) is 43.3. The molecular formula is C54H83N3O18. The Balaban J connectivity index is 1.98. The maximum Gasteiger partial charge on any atom is 0.315 e. The first-order chi connectivity index (χ1) is 35.5. The molecule has 3 aliphatic heterocycles. The summed E-state index contributed by atoms with van der Waals surface area (Å²) in [5, 5.41) is 113. The monoisotopic (exact) mass is 1060 g/mol. The number of hydrogen-bond acceptors (Lipinski definition) is 20. The fourth-order valence-corrected chi connectivity index (χ4v) is 8.88. The average Bonchev–Trinajstić information content (AvgIpc) is 3.33. The zero-order chi connectivity index (χ0) is 55.8. The number of terminal acetylenes is 1. The number of allylic oxidation sites excluding steroid dienone is 12.